The third kappa shape index (κ3) is 4.75. The summed E-state index contributed by atoms with van der Waals surface area (Å²) in [6.07, 6.45) is 3.79. The zero-order chi connectivity index (χ0) is 20.4. The third-order valence-electron chi connectivity index (χ3n) is 5.96. The Hall–Kier alpha value is -2.48. The fourth-order valence-corrected chi connectivity index (χ4v) is 4.28. The van der Waals surface area contributed by atoms with E-state index >= 15 is 0 Å². The predicted octanol–water partition coefficient (Wildman–Crippen LogP) is 1.34. The Morgan fingerprint density at radius 2 is 1.76 bits per heavy atom. The second-order valence-electron chi connectivity index (χ2n) is 8.16. The van der Waals surface area contributed by atoms with Gasteiger partial charge in [-0.15, -0.1) is 0 Å². The number of ether oxygens (including phenoxy) is 2. The highest BCUT2D eigenvalue weighted by atomic mass is 16.5. The van der Waals surface area contributed by atoms with Crippen molar-refractivity contribution in [2.45, 2.75) is 50.4 Å². The summed E-state index contributed by atoms with van der Waals surface area (Å²) in [6, 6.07) is 5.75. The van der Waals surface area contributed by atoms with Crippen LogP contribution < -0.4 is 20.1 Å². The zero-order valence-corrected chi connectivity index (χ0v) is 17.1. The van der Waals surface area contributed by atoms with Crippen molar-refractivity contribution in [3.8, 4) is 11.5 Å². The summed E-state index contributed by atoms with van der Waals surface area (Å²) in [4.78, 5) is 29.0. The molecule has 1 aromatic carbocycles. The molecule has 0 aromatic heterocycles. The average Bonchev–Trinajstić information content (AvgIpc) is 3.37. The van der Waals surface area contributed by atoms with Crippen molar-refractivity contribution in [3.05, 3.63) is 23.8 Å². The first-order chi connectivity index (χ1) is 14.1. The lowest BCUT2D eigenvalue weighted by molar-refractivity contribution is -0.129. The zero-order valence-electron chi connectivity index (χ0n) is 17.1. The number of carbonyl (C=O) groups is 2. The molecule has 8 heteroatoms. The molecule has 2 unspecified atom stereocenters. The van der Waals surface area contributed by atoms with Crippen LogP contribution in [0, 0.1) is 0 Å². The maximum Gasteiger partial charge on any atom is 0.315 e. The van der Waals surface area contributed by atoms with Gasteiger partial charge >= 0.3 is 6.03 Å². The van der Waals surface area contributed by atoms with E-state index in [4.69, 9.17) is 9.47 Å². The fraction of sp³-hybridized carbons (Fsp3) is 0.619. The number of urea groups is 1. The molecule has 4 rings (SSSR count). The van der Waals surface area contributed by atoms with Crippen molar-refractivity contribution in [2.24, 2.45) is 0 Å². The van der Waals surface area contributed by atoms with Gasteiger partial charge in [-0.25, -0.2) is 4.79 Å². The van der Waals surface area contributed by atoms with Gasteiger partial charge in [-0.05, 0) is 43.4 Å². The van der Waals surface area contributed by atoms with Crippen LogP contribution >= 0.6 is 0 Å². The van der Waals surface area contributed by atoms with Crippen molar-refractivity contribution in [1.82, 2.24) is 20.4 Å². The minimum atomic E-state index is -0.377. The minimum absolute atomic E-state index is 0.0719. The molecule has 2 atom stereocenters. The summed E-state index contributed by atoms with van der Waals surface area (Å²) in [5.74, 6) is 1.62. The van der Waals surface area contributed by atoms with Crippen molar-refractivity contribution in [3.63, 3.8) is 0 Å². The maximum absolute atomic E-state index is 12.4. The Kier molecular flexibility index (Phi) is 5.80. The van der Waals surface area contributed by atoms with E-state index in [-0.39, 0.29) is 24.0 Å². The van der Waals surface area contributed by atoms with Crippen LogP contribution in [0.5, 0.6) is 11.5 Å². The lowest BCUT2D eigenvalue weighted by Gasteiger charge is -2.19. The molecule has 0 bridgehead atoms. The molecule has 2 heterocycles. The highest BCUT2D eigenvalue weighted by Crippen LogP contribution is 2.30. The number of nitrogens with one attached hydrogen (secondary N) is 2. The number of amides is 3. The van der Waals surface area contributed by atoms with E-state index in [2.05, 4.69) is 15.5 Å². The van der Waals surface area contributed by atoms with Crippen molar-refractivity contribution < 1.29 is 19.1 Å². The Bertz CT molecular complexity index is 745. The fourth-order valence-electron chi connectivity index (χ4n) is 4.28. The Balaban J connectivity index is 1.25. The highest BCUT2D eigenvalue weighted by Gasteiger charge is 2.41. The highest BCUT2D eigenvalue weighted by molar-refractivity contribution is 5.89. The van der Waals surface area contributed by atoms with Gasteiger partial charge < -0.3 is 25.0 Å². The van der Waals surface area contributed by atoms with Gasteiger partial charge in [0.15, 0.2) is 0 Å². The second-order valence-corrected chi connectivity index (χ2v) is 8.16. The summed E-state index contributed by atoms with van der Waals surface area (Å²) in [7, 11) is 3.29. The summed E-state index contributed by atoms with van der Waals surface area (Å²) < 4.78 is 10.7. The second kappa shape index (κ2) is 8.49. The largest absolute Gasteiger partial charge is 0.497 e. The van der Waals surface area contributed by atoms with E-state index in [9.17, 15) is 9.59 Å². The van der Waals surface area contributed by atoms with Gasteiger partial charge in [0.25, 0.3) is 0 Å². The van der Waals surface area contributed by atoms with Gasteiger partial charge in [0.05, 0.1) is 14.2 Å². The summed E-state index contributed by atoms with van der Waals surface area (Å²) in [6.45, 7) is 3.21. The number of nitrogens with zero attached hydrogens (tertiary/aromatic N) is 2. The number of methoxy groups -OCH3 is 2. The molecule has 0 radical (unpaired) electrons. The summed E-state index contributed by atoms with van der Waals surface area (Å²) >= 11 is 0. The normalized spacial score (nSPS) is 24.6. The van der Waals surface area contributed by atoms with E-state index in [1.165, 1.54) is 0 Å². The quantitative estimate of drug-likeness (QED) is 0.719. The maximum atomic E-state index is 12.4. The predicted molar refractivity (Wildman–Crippen MR) is 108 cm³/mol. The molecule has 1 saturated carbocycles. The molecular weight excluding hydrogens is 372 g/mol. The SMILES string of the molecule is COc1cc(CN2CCC(NC(=O)NC3CCN(C4CC4)C3=O)C2)cc(OC)c1. The Morgan fingerprint density at radius 3 is 2.41 bits per heavy atom. The average molecular weight is 402 g/mol. The van der Waals surface area contributed by atoms with Crippen LogP contribution in [0.3, 0.4) is 0 Å². The van der Waals surface area contributed by atoms with Gasteiger partial charge in [0, 0.05) is 44.3 Å². The number of hydrogen-bond acceptors (Lipinski definition) is 5. The standard InChI is InChI=1S/C21H30N4O4/c1-28-17-9-14(10-18(11-17)29-2)12-24-7-5-15(13-24)22-21(27)23-19-6-8-25(20(19)26)16-3-4-16/h9-11,15-16,19H,3-8,12-13H2,1-2H3,(H2,22,23,27). The minimum Gasteiger partial charge on any atom is -0.497 e. The van der Waals surface area contributed by atoms with E-state index in [1.54, 1.807) is 14.2 Å². The van der Waals surface area contributed by atoms with Gasteiger partial charge in [0.2, 0.25) is 5.91 Å². The Labute approximate surface area is 171 Å². The lowest BCUT2D eigenvalue weighted by atomic mass is 10.2. The molecule has 3 fully saturated rings. The van der Waals surface area contributed by atoms with Crippen LogP contribution in [0.15, 0.2) is 18.2 Å². The number of rotatable bonds is 7. The molecule has 2 N–H and O–H groups in total. The van der Waals surface area contributed by atoms with Gasteiger partial charge in [-0.2, -0.15) is 0 Å². The molecule has 3 aliphatic rings. The van der Waals surface area contributed by atoms with E-state index in [0.29, 0.717) is 12.5 Å². The van der Waals surface area contributed by atoms with Gasteiger partial charge in [-0.1, -0.05) is 0 Å². The smallest absolute Gasteiger partial charge is 0.315 e. The van der Waals surface area contributed by atoms with Crippen molar-refractivity contribution in [2.75, 3.05) is 33.9 Å². The first-order valence-corrected chi connectivity index (χ1v) is 10.4. The number of hydrogen-bond donors (Lipinski definition) is 2. The molecule has 8 nitrogen and oxygen atoms in total. The Morgan fingerprint density at radius 1 is 1.03 bits per heavy atom. The molecule has 29 heavy (non-hydrogen) atoms. The molecule has 1 aromatic rings. The number of benzene rings is 1. The monoisotopic (exact) mass is 402 g/mol. The van der Waals surface area contributed by atoms with Gasteiger partial charge in [-0.3, -0.25) is 9.69 Å². The van der Waals surface area contributed by atoms with Gasteiger partial charge in [0.1, 0.15) is 17.5 Å². The van der Waals surface area contributed by atoms with Crippen molar-refractivity contribution in [1.29, 1.82) is 0 Å². The van der Waals surface area contributed by atoms with E-state index in [0.717, 1.165) is 62.5 Å². The topological polar surface area (TPSA) is 83.1 Å². The molecule has 0 spiro atoms. The summed E-state index contributed by atoms with van der Waals surface area (Å²) in [5, 5.41) is 5.91. The van der Waals surface area contributed by atoms with Crippen molar-refractivity contribution >= 4 is 11.9 Å². The van der Waals surface area contributed by atoms with Crippen LogP contribution in [0.2, 0.25) is 0 Å². The van der Waals surface area contributed by atoms with Crippen LogP contribution in [-0.2, 0) is 11.3 Å². The molecule has 1 aliphatic carbocycles. The molecule has 158 valence electrons. The van der Waals surface area contributed by atoms with Crippen LogP contribution in [-0.4, -0.2) is 73.7 Å². The lowest BCUT2D eigenvalue weighted by Crippen LogP contribution is -2.49. The van der Waals surface area contributed by atoms with Crippen LogP contribution in [0.25, 0.3) is 0 Å². The third-order valence-corrected chi connectivity index (χ3v) is 5.96. The molecule has 3 amide bonds. The molecule has 2 aliphatic heterocycles. The molecule has 2 saturated heterocycles. The first kappa shape index (κ1) is 19.8. The first-order valence-electron chi connectivity index (χ1n) is 10.4. The number of carbonyl (C=O) groups excluding carboxylic acids is 2. The van der Waals surface area contributed by atoms with Crippen LogP contribution in [0.1, 0.15) is 31.2 Å². The van der Waals surface area contributed by atoms with Crippen LogP contribution in [0.4, 0.5) is 4.79 Å². The van der Waals surface area contributed by atoms with E-state index < -0.39 is 0 Å². The summed E-state index contributed by atoms with van der Waals surface area (Å²) in [5.41, 5.74) is 1.11. The molecular formula is C21H30N4O4. The van der Waals surface area contributed by atoms with E-state index in [1.807, 2.05) is 23.1 Å². The number of likely N-dealkylation sites (tertiary alicyclic amines) is 2.